The molecule has 1 saturated heterocycles. The van der Waals surface area contributed by atoms with Gasteiger partial charge in [-0.15, -0.1) is 0 Å². The molecule has 136 valence electrons. The quantitative estimate of drug-likeness (QED) is 0.552. The smallest absolute Gasteiger partial charge is 1.00 e. The van der Waals surface area contributed by atoms with E-state index in [1.807, 2.05) is 4.90 Å². The van der Waals surface area contributed by atoms with E-state index in [-0.39, 0.29) is 58.5 Å². The first-order valence-electron chi connectivity index (χ1n) is 7.95. The molecule has 3 heterocycles. The first kappa shape index (κ1) is 20.8. The second kappa shape index (κ2) is 8.64. The maximum atomic E-state index is 14.3. The van der Waals surface area contributed by atoms with E-state index in [2.05, 4.69) is 26.0 Å². The summed E-state index contributed by atoms with van der Waals surface area (Å²) in [6, 6.07) is 7.77. The molecule has 10 heteroatoms. The van der Waals surface area contributed by atoms with Gasteiger partial charge in [-0.25, -0.2) is 14.2 Å². The van der Waals surface area contributed by atoms with Crippen LogP contribution in [-0.4, -0.2) is 52.0 Å². The maximum absolute atomic E-state index is 14.3. The molecule has 7 nitrogen and oxygen atoms in total. The van der Waals surface area contributed by atoms with E-state index >= 15 is 0 Å². The molecule has 0 radical (unpaired) electrons. The van der Waals surface area contributed by atoms with Crippen molar-refractivity contribution in [3.63, 3.8) is 0 Å². The number of benzene rings is 1. The predicted molar refractivity (Wildman–Crippen MR) is 97.2 cm³/mol. The van der Waals surface area contributed by atoms with Crippen LogP contribution in [0.3, 0.4) is 0 Å². The number of carboxylic acids is 1. The van der Waals surface area contributed by atoms with Crippen molar-refractivity contribution >= 4 is 33.4 Å². The molecule has 0 atom stereocenters. The number of carbonyl (C=O) groups is 1. The SMILES string of the molecule is O=C(O)c1cc(N2CCOCC2)n2nc(-c3ccc(Br)cc3F)cc2n1.[H-].[K+]. The molecule has 0 saturated carbocycles. The number of halogens is 2. The van der Waals surface area contributed by atoms with E-state index in [9.17, 15) is 14.3 Å². The Hall–Kier alpha value is -0.884. The van der Waals surface area contributed by atoms with Gasteiger partial charge in [0.1, 0.15) is 11.6 Å². The number of carboxylic acid groups (broad SMARTS) is 1. The molecule has 1 aliphatic heterocycles. The molecule has 3 aromatic rings. The van der Waals surface area contributed by atoms with Crippen LogP contribution in [0.25, 0.3) is 16.9 Å². The third-order valence-electron chi connectivity index (χ3n) is 4.17. The first-order chi connectivity index (χ1) is 12.5. The summed E-state index contributed by atoms with van der Waals surface area (Å²) in [6.07, 6.45) is 0. The number of hydrogen-bond acceptors (Lipinski definition) is 5. The van der Waals surface area contributed by atoms with E-state index < -0.39 is 11.8 Å². The van der Waals surface area contributed by atoms with Crippen molar-refractivity contribution < 1.29 is 71.8 Å². The minimum atomic E-state index is -1.13. The van der Waals surface area contributed by atoms with Crippen molar-refractivity contribution in [2.45, 2.75) is 0 Å². The van der Waals surface area contributed by atoms with E-state index in [0.717, 1.165) is 0 Å². The summed E-state index contributed by atoms with van der Waals surface area (Å²) < 4.78 is 21.8. The van der Waals surface area contributed by atoms with Gasteiger partial charge in [-0.05, 0) is 18.2 Å². The zero-order chi connectivity index (χ0) is 18.3. The van der Waals surface area contributed by atoms with Crippen LogP contribution in [0.1, 0.15) is 11.9 Å². The van der Waals surface area contributed by atoms with Crippen LogP contribution in [0.5, 0.6) is 0 Å². The Labute approximate surface area is 206 Å². The molecular weight excluding hydrogens is 446 g/mol. The molecule has 4 rings (SSSR count). The van der Waals surface area contributed by atoms with Gasteiger partial charge in [0.2, 0.25) is 0 Å². The Morgan fingerprint density at radius 2 is 2.00 bits per heavy atom. The number of anilines is 1. The molecule has 2 aromatic heterocycles. The second-order valence-corrected chi connectivity index (χ2v) is 6.74. The van der Waals surface area contributed by atoms with Crippen molar-refractivity contribution in [1.29, 1.82) is 0 Å². The first-order valence-corrected chi connectivity index (χ1v) is 8.74. The summed E-state index contributed by atoms with van der Waals surface area (Å²) in [4.78, 5) is 17.6. The molecule has 1 fully saturated rings. The standard InChI is InChI=1S/C17H14BrFN4O3.K.H/c18-10-1-2-11(12(19)7-10)13-8-15-20-14(17(24)25)9-16(23(15)21-13)22-3-5-26-6-4-22;;/h1-2,7-9H,3-6H2,(H,24,25);;/q;+1;-1. The van der Waals surface area contributed by atoms with Gasteiger partial charge in [0.15, 0.2) is 11.3 Å². The number of ether oxygens (including phenoxy) is 1. The van der Waals surface area contributed by atoms with E-state index in [4.69, 9.17) is 4.74 Å². The molecule has 0 unspecified atom stereocenters. The fourth-order valence-electron chi connectivity index (χ4n) is 2.91. The fourth-order valence-corrected chi connectivity index (χ4v) is 3.25. The largest absolute Gasteiger partial charge is 1.00 e. The molecule has 0 aliphatic carbocycles. The van der Waals surface area contributed by atoms with Crippen LogP contribution in [-0.2, 0) is 4.74 Å². The van der Waals surface area contributed by atoms with Gasteiger partial charge in [-0.3, -0.25) is 0 Å². The molecular formula is C17H15BrFKN4O3. The van der Waals surface area contributed by atoms with Crippen LogP contribution >= 0.6 is 15.9 Å². The van der Waals surface area contributed by atoms with Crippen LogP contribution < -0.4 is 56.3 Å². The van der Waals surface area contributed by atoms with E-state index in [0.29, 0.717) is 53.5 Å². The Morgan fingerprint density at radius 1 is 1.26 bits per heavy atom. The van der Waals surface area contributed by atoms with Gasteiger partial charge in [0, 0.05) is 35.3 Å². The zero-order valence-electron chi connectivity index (χ0n) is 15.5. The Balaban J connectivity index is 0.00000140. The minimum Gasteiger partial charge on any atom is -1.00 e. The molecule has 0 bridgehead atoms. The van der Waals surface area contributed by atoms with Crippen molar-refractivity contribution in [2.75, 3.05) is 31.2 Å². The van der Waals surface area contributed by atoms with Crippen LogP contribution in [0, 0.1) is 5.82 Å². The molecule has 1 aliphatic rings. The van der Waals surface area contributed by atoms with E-state index in [1.54, 1.807) is 22.7 Å². The van der Waals surface area contributed by atoms with Crippen LogP contribution in [0.15, 0.2) is 34.8 Å². The summed E-state index contributed by atoms with van der Waals surface area (Å²) >= 11 is 3.23. The number of aromatic carboxylic acids is 1. The van der Waals surface area contributed by atoms with Crippen molar-refractivity contribution in [3.05, 3.63) is 46.3 Å². The van der Waals surface area contributed by atoms with Gasteiger partial charge < -0.3 is 16.2 Å². The number of aromatic nitrogens is 3. The topological polar surface area (TPSA) is 80.0 Å². The normalized spacial score (nSPS) is 14.2. The second-order valence-electron chi connectivity index (χ2n) is 5.83. The van der Waals surface area contributed by atoms with Gasteiger partial charge in [0.05, 0.1) is 18.9 Å². The predicted octanol–water partition coefficient (Wildman–Crippen LogP) is -0.0508. The monoisotopic (exact) mass is 460 g/mol. The summed E-state index contributed by atoms with van der Waals surface area (Å²) in [6.45, 7) is 2.31. The minimum absolute atomic E-state index is 0. The summed E-state index contributed by atoms with van der Waals surface area (Å²) in [5.41, 5.74) is 0.980. The van der Waals surface area contributed by atoms with E-state index in [1.165, 1.54) is 12.1 Å². The third-order valence-corrected chi connectivity index (χ3v) is 4.66. The van der Waals surface area contributed by atoms with Gasteiger partial charge in [-0.2, -0.15) is 9.61 Å². The number of morpholine rings is 1. The average molecular weight is 461 g/mol. The van der Waals surface area contributed by atoms with Crippen molar-refractivity contribution in [1.82, 2.24) is 14.6 Å². The average Bonchev–Trinajstić information content (AvgIpc) is 3.05. The zero-order valence-corrected chi connectivity index (χ0v) is 19.2. The van der Waals surface area contributed by atoms with Crippen molar-refractivity contribution in [3.8, 4) is 11.3 Å². The molecule has 1 aromatic carbocycles. The number of nitrogens with zero attached hydrogens (tertiary/aromatic N) is 4. The Bertz CT molecular complexity index is 1010. The molecule has 1 N–H and O–H groups in total. The van der Waals surface area contributed by atoms with Crippen LogP contribution in [0.4, 0.5) is 10.2 Å². The third kappa shape index (κ3) is 4.26. The molecule has 0 amide bonds. The van der Waals surface area contributed by atoms with Crippen LogP contribution in [0.2, 0.25) is 0 Å². The Morgan fingerprint density at radius 3 is 2.67 bits per heavy atom. The maximum Gasteiger partial charge on any atom is 1.00 e. The van der Waals surface area contributed by atoms with Gasteiger partial charge >= 0.3 is 57.4 Å². The van der Waals surface area contributed by atoms with Gasteiger partial charge in [0.25, 0.3) is 0 Å². The number of rotatable bonds is 3. The van der Waals surface area contributed by atoms with Crippen molar-refractivity contribution in [2.24, 2.45) is 0 Å². The molecule has 0 spiro atoms. The molecule has 27 heavy (non-hydrogen) atoms. The number of hydrogen-bond donors (Lipinski definition) is 1. The summed E-state index contributed by atoms with van der Waals surface area (Å²) in [7, 11) is 0. The van der Waals surface area contributed by atoms with Gasteiger partial charge in [-0.1, -0.05) is 15.9 Å². The number of fused-ring (bicyclic) bond motifs is 1. The summed E-state index contributed by atoms with van der Waals surface area (Å²) in [5.74, 6) is -0.951. The Kier molecular flexibility index (Phi) is 6.67. The fraction of sp³-hybridized carbons (Fsp3) is 0.235. The summed E-state index contributed by atoms with van der Waals surface area (Å²) in [5, 5.41) is 13.8.